The highest BCUT2D eigenvalue weighted by Gasteiger charge is 2.18. The summed E-state index contributed by atoms with van der Waals surface area (Å²) in [6, 6.07) is 7.59. The largest absolute Gasteiger partial charge is 0.497 e. The van der Waals surface area contributed by atoms with E-state index in [4.69, 9.17) is 17.0 Å². The molecule has 122 valence electrons. The topological polar surface area (TPSA) is 45.7 Å². The summed E-state index contributed by atoms with van der Waals surface area (Å²) in [7, 11) is 1.64. The van der Waals surface area contributed by atoms with Crippen LogP contribution in [0.2, 0.25) is 0 Å². The van der Waals surface area contributed by atoms with Gasteiger partial charge in [0.25, 0.3) is 0 Å². The summed E-state index contributed by atoms with van der Waals surface area (Å²) in [5.41, 5.74) is 7.20. The third-order valence-electron chi connectivity index (χ3n) is 3.92. The summed E-state index contributed by atoms with van der Waals surface area (Å²) in [5.74, 6) is 1.23. The fourth-order valence-corrected chi connectivity index (χ4v) is 2.57. The van der Waals surface area contributed by atoms with E-state index in [0.717, 1.165) is 30.0 Å². The molecule has 1 atom stereocenters. The highest BCUT2D eigenvalue weighted by Crippen LogP contribution is 2.26. The molecule has 1 aromatic rings. The van der Waals surface area contributed by atoms with Gasteiger partial charge in [-0.3, -0.25) is 5.43 Å². The Kier molecular flexibility index (Phi) is 5.93. The molecular formula is C18H23N3OS. The van der Waals surface area contributed by atoms with Crippen LogP contribution >= 0.6 is 12.2 Å². The van der Waals surface area contributed by atoms with Crippen LogP contribution in [0.5, 0.6) is 5.75 Å². The lowest BCUT2D eigenvalue weighted by atomic mass is 9.85. The van der Waals surface area contributed by atoms with E-state index in [1.54, 1.807) is 7.11 Å². The Hall–Kier alpha value is -2.14. The van der Waals surface area contributed by atoms with E-state index in [1.807, 2.05) is 24.3 Å². The van der Waals surface area contributed by atoms with Crippen LogP contribution < -0.4 is 15.5 Å². The molecule has 0 aromatic heterocycles. The molecule has 2 rings (SSSR count). The van der Waals surface area contributed by atoms with Gasteiger partial charge in [0.15, 0.2) is 5.11 Å². The number of hydrogen-bond donors (Lipinski definition) is 2. The molecule has 0 aliphatic heterocycles. The number of nitrogens with one attached hydrogen (secondary N) is 2. The lowest BCUT2D eigenvalue weighted by Gasteiger charge is -2.22. The molecule has 0 spiro atoms. The third-order valence-corrected chi connectivity index (χ3v) is 4.11. The number of methoxy groups -OCH3 is 1. The molecule has 1 aromatic carbocycles. The Balaban J connectivity index is 1.98. The quantitative estimate of drug-likeness (QED) is 0.492. The van der Waals surface area contributed by atoms with Crippen molar-refractivity contribution in [2.45, 2.75) is 26.7 Å². The van der Waals surface area contributed by atoms with Crippen LogP contribution in [0.3, 0.4) is 0 Å². The summed E-state index contributed by atoms with van der Waals surface area (Å²) in [6.45, 7) is 8.20. The van der Waals surface area contributed by atoms with Crippen molar-refractivity contribution in [1.82, 2.24) is 5.43 Å². The van der Waals surface area contributed by atoms with E-state index < -0.39 is 0 Å². The maximum Gasteiger partial charge on any atom is 0.191 e. The van der Waals surface area contributed by atoms with Gasteiger partial charge < -0.3 is 10.1 Å². The first-order valence-corrected chi connectivity index (χ1v) is 8.00. The third kappa shape index (κ3) is 4.93. The molecule has 0 fully saturated rings. The zero-order valence-corrected chi connectivity index (χ0v) is 14.7. The van der Waals surface area contributed by atoms with Gasteiger partial charge >= 0.3 is 0 Å². The average molecular weight is 329 g/mol. The Morgan fingerprint density at radius 1 is 1.43 bits per heavy atom. The number of hydrogen-bond acceptors (Lipinski definition) is 3. The van der Waals surface area contributed by atoms with Crippen LogP contribution in [0.15, 0.2) is 53.2 Å². The van der Waals surface area contributed by atoms with Crippen LogP contribution in [0.25, 0.3) is 0 Å². The number of allylic oxidation sites excluding steroid dienone is 3. The maximum atomic E-state index is 5.30. The highest BCUT2D eigenvalue weighted by atomic mass is 32.1. The smallest absolute Gasteiger partial charge is 0.191 e. The number of benzene rings is 1. The average Bonchev–Trinajstić information content (AvgIpc) is 2.54. The van der Waals surface area contributed by atoms with Gasteiger partial charge in [-0.2, -0.15) is 5.10 Å². The van der Waals surface area contributed by atoms with Crippen molar-refractivity contribution in [2.75, 3.05) is 12.4 Å². The SMILES string of the molecule is C=C(C)[C@H]1CC=C(C)C(=NNC(=S)Nc2cccc(OC)c2)C1. The molecule has 0 unspecified atom stereocenters. The molecule has 0 saturated heterocycles. The Morgan fingerprint density at radius 2 is 2.22 bits per heavy atom. The Bertz CT molecular complexity index is 664. The molecular weight excluding hydrogens is 306 g/mol. The normalized spacial score (nSPS) is 19.0. The Labute approximate surface area is 143 Å². The molecule has 0 bridgehead atoms. The van der Waals surface area contributed by atoms with Crippen molar-refractivity contribution in [3.8, 4) is 5.75 Å². The van der Waals surface area contributed by atoms with Crippen molar-refractivity contribution in [2.24, 2.45) is 11.0 Å². The van der Waals surface area contributed by atoms with Gasteiger partial charge in [-0.15, -0.1) is 0 Å². The summed E-state index contributed by atoms with van der Waals surface area (Å²) in [5, 5.41) is 8.01. The van der Waals surface area contributed by atoms with E-state index >= 15 is 0 Å². The van der Waals surface area contributed by atoms with Crippen LogP contribution in [0, 0.1) is 5.92 Å². The molecule has 1 aliphatic carbocycles. The van der Waals surface area contributed by atoms with Gasteiger partial charge in [0.1, 0.15) is 5.75 Å². The number of thiocarbonyl (C=S) groups is 1. The van der Waals surface area contributed by atoms with Gasteiger partial charge in [0.2, 0.25) is 0 Å². The highest BCUT2D eigenvalue weighted by molar-refractivity contribution is 7.80. The summed E-state index contributed by atoms with van der Waals surface area (Å²) in [4.78, 5) is 0. The standard InChI is InChI=1S/C18H23N3OS/c1-12(2)14-9-8-13(3)17(10-14)20-21-18(23)19-15-6-5-7-16(11-15)22-4/h5-8,11,14H,1,9-10H2,2-4H3,(H2,19,21,23)/t14-/m0/s1. The first-order valence-electron chi connectivity index (χ1n) is 7.59. The predicted octanol–water partition coefficient (Wildman–Crippen LogP) is 4.27. The first-order chi connectivity index (χ1) is 11.0. The van der Waals surface area contributed by atoms with Gasteiger partial charge in [-0.25, -0.2) is 0 Å². The lowest BCUT2D eigenvalue weighted by molar-refractivity contribution is 0.415. The number of ether oxygens (including phenoxy) is 1. The lowest BCUT2D eigenvalue weighted by Crippen LogP contribution is -2.26. The van der Waals surface area contributed by atoms with E-state index in [-0.39, 0.29) is 0 Å². The summed E-state index contributed by atoms with van der Waals surface area (Å²) < 4.78 is 5.19. The van der Waals surface area contributed by atoms with Gasteiger partial charge in [-0.05, 0) is 62.5 Å². The van der Waals surface area contributed by atoms with Crippen molar-refractivity contribution in [1.29, 1.82) is 0 Å². The summed E-state index contributed by atoms with van der Waals surface area (Å²) >= 11 is 5.30. The predicted molar refractivity (Wildman–Crippen MR) is 101 cm³/mol. The minimum Gasteiger partial charge on any atom is -0.497 e. The maximum absolute atomic E-state index is 5.30. The minimum atomic E-state index is 0.455. The van der Waals surface area contributed by atoms with Gasteiger partial charge in [0, 0.05) is 11.8 Å². The fraction of sp³-hybridized carbons (Fsp3) is 0.333. The molecule has 4 nitrogen and oxygen atoms in total. The van der Waals surface area contributed by atoms with Gasteiger partial charge in [0.05, 0.1) is 12.8 Å². The zero-order chi connectivity index (χ0) is 16.8. The second kappa shape index (κ2) is 7.92. The van der Waals surface area contributed by atoms with Crippen molar-refractivity contribution >= 4 is 28.7 Å². The molecule has 0 saturated carbocycles. The number of rotatable bonds is 4. The number of nitrogens with zero attached hydrogens (tertiary/aromatic N) is 1. The molecule has 2 N–H and O–H groups in total. The van der Waals surface area contributed by atoms with Crippen LogP contribution in [-0.2, 0) is 0 Å². The second-order valence-corrected chi connectivity index (χ2v) is 6.13. The van der Waals surface area contributed by atoms with Crippen LogP contribution in [0.1, 0.15) is 26.7 Å². The first kappa shape index (κ1) is 17.2. The molecule has 0 amide bonds. The monoisotopic (exact) mass is 329 g/mol. The van der Waals surface area contributed by atoms with Crippen molar-refractivity contribution in [3.05, 3.63) is 48.1 Å². The molecule has 0 radical (unpaired) electrons. The number of hydrazone groups is 1. The molecule has 0 heterocycles. The van der Waals surface area contributed by atoms with E-state index in [2.05, 4.69) is 42.3 Å². The van der Waals surface area contributed by atoms with E-state index in [1.165, 1.54) is 11.1 Å². The van der Waals surface area contributed by atoms with Crippen LogP contribution in [0.4, 0.5) is 5.69 Å². The second-order valence-electron chi connectivity index (χ2n) is 5.73. The fourth-order valence-electron chi connectivity index (χ4n) is 2.40. The minimum absolute atomic E-state index is 0.455. The zero-order valence-electron chi connectivity index (χ0n) is 13.8. The summed E-state index contributed by atoms with van der Waals surface area (Å²) in [6.07, 6.45) is 4.14. The van der Waals surface area contributed by atoms with Crippen molar-refractivity contribution < 1.29 is 4.74 Å². The molecule has 23 heavy (non-hydrogen) atoms. The van der Waals surface area contributed by atoms with Crippen molar-refractivity contribution in [3.63, 3.8) is 0 Å². The number of anilines is 1. The Morgan fingerprint density at radius 3 is 2.91 bits per heavy atom. The van der Waals surface area contributed by atoms with E-state index in [9.17, 15) is 0 Å². The van der Waals surface area contributed by atoms with E-state index in [0.29, 0.717) is 11.0 Å². The molecule has 1 aliphatic rings. The van der Waals surface area contributed by atoms with Gasteiger partial charge in [-0.1, -0.05) is 24.3 Å². The van der Waals surface area contributed by atoms with Crippen LogP contribution in [-0.4, -0.2) is 17.9 Å². The molecule has 5 heteroatoms.